The van der Waals surface area contributed by atoms with Crippen molar-refractivity contribution in [2.24, 2.45) is 0 Å². The summed E-state index contributed by atoms with van der Waals surface area (Å²) in [5.41, 5.74) is -1.02. The Labute approximate surface area is 822 Å². The number of nitriles is 1. The predicted octanol–water partition coefficient (Wildman–Crippen LogP) is 5.81. The molecule has 5 nitrogen and oxygen atoms in total. The molecule has 1 aliphatic heterocycles. The molecule has 0 atom stereocenters. The lowest BCUT2D eigenvalue weighted by Gasteiger charge is -2.29. The summed E-state index contributed by atoms with van der Waals surface area (Å²) in [6.07, 6.45) is 0.238. The molecule has 1 amide bonds. The van der Waals surface area contributed by atoms with E-state index in [0.29, 0.717) is 5.69 Å². The van der Waals surface area contributed by atoms with Crippen LogP contribution in [0.4, 0.5) is 30.2 Å². The number of rotatable bonds is 2. The second kappa shape index (κ2) is 81.1. The number of thiocarbonyl (C=S) groups is 1. The molecule has 1 saturated heterocycles. The molecule has 1 aliphatic rings. The maximum absolute atomic E-state index is 13.3. The van der Waals surface area contributed by atoms with E-state index in [1.165, 1.54) is 6.07 Å². The number of benzene rings is 2. The molecule has 2 aromatic carbocycles. The van der Waals surface area contributed by atoms with Crippen molar-refractivity contribution < 1.29 is 18.0 Å². The van der Waals surface area contributed by atoms with E-state index in [1.54, 1.807) is 24.8 Å². The van der Waals surface area contributed by atoms with Gasteiger partial charge in [0.15, 0.2) is 16.9 Å². The van der Waals surface area contributed by atoms with Gasteiger partial charge in [0.25, 0.3) is 5.91 Å². The third-order valence-electron chi connectivity index (χ3n) is 11.4. The van der Waals surface area contributed by atoms with Crippen molar-refractivity contribution in [2.75, 3.05) is 9.80 Å². The Morgan fingerprint density at radius 3 is 0.564 bits per heavy atom. The molecule has 594 valence electrons. The molecule has 0 spiro atoms. The van der Waals surface area contributed by atoms with E-state index in [9.17, 15) is 18.0 Å². The number of hydrogen-bond donors (Lipinski definition) is 0. The molecule has 2 aromatic rings. The van der Waals surface area contributed by atoms with Gasteiger partial charge in [-0.05, 0) is 105 Å². The zero-order valence-electron chi connectivity index (χ0n) is 71.4. The number of aryl methyl sites for hydroxylation is 1. The molecular formula is C131H17F3N4OS. The number of carbonyl (C=O) groups excluding carboxylic acids is 1. The van der Waals surface area contributed by atoms with Gasteiger partial charge >= 0.3 is 6.18 Å². The average molecular weight is 1750 g/mol. The van der Waals surface area contributed by atoms with Crippen molar-refractivity contribution in [3.63, 3.8) is 0 Å². The first kappa shape index (κ1) is 108. The van der Waals surface area contributed by atoms with Crippen LogP contribution in [0.25, 0.3) is 4.85 Å². The van der Waals surface area contributed by atoms with Gasteiger partial charge in [-0.1, -0.05) is 23.8 Å². The number of amides is 1. The Bertz CT molecular complexity index is 9230. The topological polar surface area (TPSA) is 51.7 Å². The zero-order chi connectivity index (χ0) is 101. The highest BCUT2D eigenvalue weighted by atomic mass is 32.1. The molecular weight excluding hydrogens is 1730 g/mol. The summed E-state index contributed by atoms with van der Waals surface area (Å²) in [7, 11) is 0. The molecule has 1 heterocycles. The monoisotopic (exact) mass is 1750 g/mol. The summed E-state index contributed by atoms with van der Waals surface area (Å²) in [6, 6.07) is 12.1. The highest BCUT2D eigenvalue weighted by Crippen LogP contribution is 2.42. The molecule has 0 radical (unpaired) electrons. The number of terminal acetylenes is 1. The molecule has 0 N–H and O–H groups in total. The number of nitrogens with zero attached hydrogens (tertiary/aromatic N) is 4. The Kier molecular flexibility index (Phi) is 62.8. The van der Waals surface area contributed by atoms with Crippen molar-refractivity contribution in [1.29, 1.82) is 5.26 Å². The summed E-state index contributed by atoms with van der Waals surface area (Å²) in [5, 5.41) is 8.31. The Morgan fingerprint density at radius 1 is 0.271 bits per heavy atom. The molecule has 9 heteroatoms. The maximum atomic E-state index is 13.3. The largest absolute Gasteiger partial charge is 0.407 e. The van der Waals surface area contributed by atoms with Crippen LogP contribution in [0.3, 0.4) is 0 Å². The van der Waals surface area contributed by atoms with Gasteiger partial charge < -0.3 is 4.90 Å². The number of carbonyl (C=O) groups is 1. The van der Waals surface area contributed by atoms with Crippen molar-refractivity contribution in [3.05, 3.63) is 65.0 Å². The summed E-state index contributed by atoms with van der Waals surface area (Å²) >= 11 is 5.47. The van der Waals surface area contributed by atoms with Gasteiger partial charge in [-0.15, -0.1) is 6.42 Å². The van der Waals surface area contributed by atoms with Crippen LogP contribution >= 0.6 is 12.2 Å². The second-order valence-corrected chi connectivity index (χ2v) is 21.1. The first-order valence-electron chi connectivity index (χ1n) is 36.1. The van der Waals surface area contributed by atoms with E-state index in [2.05, 4.69) is 650 Å². The fraction of sp³-hybridized carbons (Fsp3) is 0.0382. The van der Waals surface area contributed by atoms with E-state index < -0.39 is 28.9 Å². The molecule has 0 bridgehead atoms. The number of halogens is 3. The van der Waals surface area contributed by atoms with E-state index in [1.807, 2.05) is 31.2 Å². The lowest BCUT2D eigenvalue weighted by molar-refractivity contribution is -0.136. The minimum atomic E-state index is -4.72. The van der Waals surface area contributed by atoms with Gasteiger partial charge in [0.2, 0.25) is 0 Å². The first-order chi connectivity index (χ1) is 68.9. The van der Waals surface area contributed by atoms with E-state index in [-0.39, 0.29) is 10.8 Å². The molecule has 0 unspecified atom stereocenters. The van der Waals surface area contributed by atoms with Crippen LogP contribution in [0.15, 0.2) is 42.5 Å². The molecule has 1 fully saturated rings. The van der Waals surface area contributed by atoms with Crippen LogP contribution in [-0.4, -0.2) is 16.6 Å². The lowest BCUT2D eigenvalue weighted by atomic mass is 10.0. The van der Waals surface area contributed by atoms with E-state index in [4.69, 9.17) is 30.5 Å². The van der Waals surface area contributed by atoms with Crippen molar-refractivity contribution in [3.8, 4) is 658 Å². The van der Waals surface area contributed by atoms with Crippen LogP contribution in [-0.2, 0) is 11.0 Å². The van der Waals surface area contributed by atoms with Crippen molar-refractivity contribution in [1.82, 2.24) is 0 Å². The number of anilines is 2. The number of alkyl halides is 3. The van der Waals surface area contributed by atoms with E-state index >= 15 is 0 Å². The SMILES string of the molecule is C#CC#CC#CC#CC#CC#CC#CC#CC#CC#CC#CC#CC#CC#CC#CC#CC#CC#CC#CC#CC#CC#CC#CC#CC#CC#CC#CC#CC#CC#CC#CC#CC#CC#CC#CC#CC#CC#CC#CC#CC#CC#CC#CC#CC#CC#CC#CC#CC#CC#CC#CC#CC#CC#CC#CC#N.[C-]#[N+]c1ccc(N2C(=O)C(C)(C)N(c3ccc(C)cc3)C2=S)cc1C(F)(F)F. The standard InChI is InChI=1S/C111HN.C20H16F3N3OS/c1-2-3-4-5-6-7-8-9-10-11-12-13-14-15-16-17-18-19-20-21-22-23-24-25-26-27-28-29-30-31-32-33-34-35-36-37-38-39-40-41-42-43-44-45-46-47-48-49-50-51-52-53-54-55-56-57-58-59-60-61-62-63-64-65-66-67-68-69-70-71-72-73-74-75-76-77-78-79-80-81-82-83-84-85-86-87-88-89-90-91-92-93-94-95-96-97-98-99-100-101-102-103-104-105-106-107-108-109-110-111-112;1-12-5-7-13(8-6-12)26-18(28)25(17(27)19(26,2)3)14-9-10-16(24-4)15(11-14)20(21,22)23/h1H;5-11H,1-3H3. The summed E-state index contributed by atoms with van der Waals surface area (Å²) in [6.45, 7) is 12.2. The predicted molar refractivity (Wildman–Crippen MR) is 540 cm³/mol. The minimum absolute atomic E-state index is 0.0163. The van der Waals surface area contributed by atoms with Crippen molar-refractivity contribution in [2.45, 2.75) is 32.5 Å². The molecule has 0 saturated carbocycles. The molecule has 0 aliphatic carbocycles. The lowest BCUT2D eigenvalue weighted by Crippen LogP contribution is -2.44. The highest BCUT2D eigenvalue weighted by molar-refractivity contribution is 7.81. The second-order valence-electron chi connectivity index (χ2n) is 20.7. The smallest absolute Gasteiger partial charge is 0.304 e. The van der Waals surface area contributed by atoms with Crippen LogP contribution in [0.1, 0.15) is 25.0 Å². The van der Waals surface area contributed by atoms with Gasteiger partial charge in [0.1, 0.15) is 5.54 Å². The van der Waals surface area contributed by atoms with Crippen LogP contribution in [0.2, 0.25) is 0 Å². The highest BCUT2D eigenvalue weighted by Gasteiger charge is 2.50. The van der Waals surface area contributed by atoms with Gasteiger partial charge in [-0.3, -0.25) is 9.69 Å². The fourth-order valence-corrected chi connectivity index (χ4v) is 7.04. The molecule has 140 heavy (non-hydrogen) atoms. The molecule has 3 rings (SSSR count). The van der Waals surface area contributed by atoms with E-state index in [0.717, 1.165) is 22.6 Å². The zero-order valence-corrected chi connectivity index (χ0v) is 72.2. The van der Waals surface area contributed by atoms with Crippen LogP contribution in [0, 0.1) is 677 Å². The normalized spacial score (nSPS) is 6.45. The molecule has 0 aromatic heterocycles. The fourth-order valence-electron chi connectivity index (χ4n) is 6.51. The number of hydrogen-bond acceptors (Lipinski definition) is 3. The first-order valence-corrected chi connectivity index (χ1v) is 36.5. The Balaban J connectivity index is 0.00000199. The van der Waals surface area contributed by atoms with Crippen LogP contribution < -0.4 is 9.80 Å². The summed E-state index contributed by atoms with van der Waals surface area (Å²) in [4.78, 5) is 18.7. The third-order valence-corrected chi connectivity index (χ3v) is 11.8. The Morgan fingerprint density at radius 2 is 0.421 bits per heavy atom. The minimum Gasteiger partial charge on any atom is -0.304 e. The van der Waals surface area contributed by atoms with Gasteiger partial charge in [-0.2, -0.15) is 18.4 Å². The van der Waals surface area contributed by atoms with Crippen molar-refractivity contribution >= 4 is 40.3 Å². The quantitative estimate of drug-likeness (QED) is 0.217. The van der Waals surface area contributed by atoms with Gasteiger partial charge in [0.05, 0.1) is 12.1 Å². The van der Waals surface area contributed by atoms with Gasteiger partial charge in [0, 0.05) is 609 Å². The maximum Gasteiger partial charge on any atom is 0.407 e. The van der Waals surface area contributed by atoms with Crippen LogP contribution in [0.5, 0.6) is 0 Å². The summed E-state index contributed by atoms with van der Waals surface area (Å²) < 4.78 is 40.0. The third kappa shape index (κ3) is 63.3. The average Bonchev–Trinajstić information content (AvgIpc) is 1.58. The summed E-state index contributed by atoms with van der Waals surface area (Å²) in [5.74, 6) is 270. The van der Waals surface area contributed by atoms with Gasteiger partial charge in [-0.25, -0.2) is 4.85 Å². The Hall–Kier alpha value is -27.6.